The zero-order valence-electron chi connectivity index (χ0n) is 11.6. The van der Waals surface area contributed by atoms with E-state index in [2.05, 4.69) is 0 Å². The van der Waals surface area contributed by atoms with Crippen molar-refractivity contribution in [3.63, 3.8) is 0 Å². The van der Waals surface area contributed by atoms with Crippen LogP contribution in [0.1, 0.15) is 35.4 Å². The first-order chi connectivity index (χ1) is 9.60. The van der Waals surface area contributed by atoms with Crippen molar-refractivity contribution in [2.75, 3.05) is 20.8 Å². The van der Waals surface area contributed by atoms with E-state index in [-0.39, 0.29) is 13.0 Å². The molecule has 0 aliphatic carbocycles. The lowest BCUT2D eigenvalue weighted by molar-refractivity contribution is -0.145. The number of cyclic esters (lactones) is 1. The number of fused-ring (bicyclic) bond motifs is 1. The third-order valence-corrected chi connectivity index (χ3v) is 3.02. The zero-order chi connectivity index (χ0) is 14.7. The van der Waals surface area contributed by atoms with Crippen LogP contribution in [0, 0.1) is 0 Å². The maximum absolute atomic E-state index is 11.9. The van der Waals surface area contributed by atoms with Gasteiger partial charge >= 0.3 is 11.9 Å². The van der Waals surface area contributed by atoms with Gasteiger partial charge in [-0.15, -0.1) is 0 Å². The fourth-order valence-electron chi connectivity index (χ4n) is 2.14. The average molecular weight is 280 g/mol. The Kier molecular flexibility index (Phi) is 4.12. The van der Waals surface area contributed by atoms with Gasteiger partial charge in [0.1, 0.15) is 23.2 Å². The van der Waals surface area contributed by atoms with E-state index in [1.165, 1.54) is 14.2 Å². The van der Waals surface area contributed by atoms with E-state index in [0.717, 1.165) is 0 Å². The minimum atomic E-state index is -0.666. The molecule has 1 unspecified atom stereocenters. The van der Waals surface area contributed by atoms with Crippen molar-refractivity contribution in [2.45, 2.75) is 19.4 Å². The van der Waals surface area contributed by atoms with Crippen LogP contribution < -0.4 is 9.47 Å². The lowest BCUT2D eigenvalue weighted by Gasteiger charge is -2.11. The van der Waals surface area contributed by atoms with Crippen molar-refractivity contribution in [3.05, 3.63) is 23.3 Å². The van der Waals surface area contributed by atoms with E-state index in [4.69, 9.17) is 18.9 Å². The van der Waals surface area contributed by atoms with Gasteiger partial charge in [-0.3, -0.25) is 4.79 Å². The van der Waals surface area contributed by atoms with Crippen molar-refractivity contribution < 1.29 is 28.5 Å². The Hall–Kier alpha value is -2.24. The van der Waals surface area contributed by atoms with E-state index in [9.17, 15) is 9.59 Å². The Morgan fingerprint density at radius 2 is 2.05 bits per heavy atom. The summed E-state index contributed by atoms with van der Waals surface area (Å²) in [6, 6.07) is 3.28. The molecule has 0 N–H and O–H groups in total. The summed E-state index contributed by atoms with van der Waals surface area (Å²) < 4.78 is 20.4. The Morgan fingerprint density at radius 3 is 2.65 bits per heavy atom. The number of ether oxygens (including phenoxy) is 4. The molecule has 0 fully saturated rings. The maximum atomic E-state index is 11.9. The standard InChI is InChI=1S/C14H16O6/c1-4-19-12(15)7-10-9-5-8(17-2)6-11(18-3)13(9)14(16)20-10/h5-6,10H,4,7H2,1-3H3. The molecule has 0 radical (unpaired) electrons. The molecule has 1 heterocycles. The molecule has 0 saturated carbocycles. The largest absolute Gasteiger partial charge is 0.497 e. The monoisotopic (exact) mass is 280 g/mol. The number of hydrogen-bond donors (Lipinski definition) is 0. The summed E-state index contributed by atoms with van der Waals surface area (Å²) in [6.45, 7) is 2.01. The van der Waals surface area contributed by atoms with Gasteiger partial charge in [0.25, 0.3) is 0 Å². The van der Waals surface area contributed by atoms with Gasteiger partial charge in [-0.25, -0.2) is 4.79 Å². The second-order valence-electron chi connectivity index (χ2n) is 4.20. The van der Waals surface area contributed by atoms with Gasteiger partial charge in [-0.2, -0.15) is 0 Å². The predicted molar refractivity (Wildman–Crippen MR) is 69.0 cm³/mol. The highest BCUT2D eigenvalue weighted by Crippen LogP contribution is 2.41. The number of carbonyl (C=O) groups is 2. The fraction of sp³-hybridized carbons (Fsp3) is 0.429. The molecule has 1 atom stereocenters. The quantitative estimate of drug-likeness (QED) is 0.767. The van der Waals surface area contributed by atoms with Crippen molar-refractivity contribution >= 4 is 11.9 Å². The molecule has 108 valence electrons. The summed E-state index contributed by atoms with van der Waals surface area (Å²) in [5.74, 6) is -0.0165. The molecule has 1 aliphatic heterocycles. The average Bonchev–Trinajstić information content (AvgIpc) is 2.74. The molecule has 0 spiro atoms. The Labute approximate surface area is 116 Å². The minimum Gasteiger partial charge on any atom is -0.497 e. The molecule has 0 bridgehead atoms. The van der Waals surface area contributed by atoms with Crippen molar-refractivity contribution in [1.29, 1.82) is 0 Å². The Morgan fingerprint density at radius 1 is 1.30 bits per heavy atom. The van der Waals surface area contributed by atoms with Crippen LogP contribution >= 0.6 is 0 Å². The number of carbonyl (C=O) groups excluding carboxylic acids is 2. The van der Waals surface area contributed by atoms with E-state index in [1.54, 1.807) is 19.1 Å². The highest BCUT2D eigenvalue weighted by Gasteiger charge is 2.36. The molecule has 6 nitrogen and oxygen atoms in total. The third-order valence-electron chi connectivity index (χ3n) is 3.02. The first-order valence-corrected chi connectivity index (χ1v) is 6.23. The second kappa shape index (κ2) is 5.81. The van der Waals surface area contributed by atoms with Gasteiger partial charge in [0.15, 0.2) is 0 Å². The molecule has 0 saturated heterocycles. The molecule has 1 aliphatic rings. The lowest BCUT2D eigenvalue weighted by Crippen LogP contribution is -2.10. The van der Waals surface area contributed by atoms with Gasteiger partial charge in [0, 0.05) is 11.6 Å². The molecule has 1 aromatic carbocycles. The van der Waals surface area contributed by atoms with Crippen LogP contribution in [0.4, 0.5) is 0 Å². The topological polar surface area (TPSA) is 71.1 Å². The van der Waals surface area contributed by atoms with E-state index in [0.29, 0.717) is 22.6 Å². The minimum absolute atomic E-state index is 0.0249. The number of rotatable bonds is 5. The van der Waals surface area contributed by atoms with Crippen LogP contribution in [0.3, 0.4) is 0 Å². The first kappa shape index (κ1) is 14.2. The van der Waals surface area contributed by atoms with Gasteiger partial charge in [-0.1, -0.05) is 0 Å². The van der Waals surface area contributed by atoms with Crippen molar-refractivity contribution in [3.8, 4) is 11.5 Å². The van der Waals surface area contributed by atoms with Crippen LogP contribution in [-0.2, 0) is 14.3 Å². The summed E-state index contributed by atoms with van der Waals surface area (Å²) in [5.41, 5.74) is 0.918. The summed E-state index contributed by atoms with van der Waals surface area (Å²) >= 11 is 0. The van der Waals surface area contributed by atoms with Gasteiger partial charge in [0.2, 0.25) is 0 Å². The van der Waals surface area contributed by atoms with E-state index >= 15 is 0 Å². The normalized spacial score (nSPS) is 16.4. The molecule has 6 heteroatoms. The van der Waals surface area contributed by atoms with E-state index in [1.807, 2.05) is 0 Å². The third kappa shape index (κ3) is 2.54. The molecular weight excluding hydrogens is 264 g/mol. The first-order valence-electron chi connectivity index (χ1n) is 6.23. The van der Waals surface area contributed by atoms with E-state index < -0.39 is 18.0 Å². The lowest BCUT2D eigenvalue weighted by atomic mass is 10.0. The van der Waals surface area contributed by atoms with Crippen LogP contribution in [-0.4, -0.2) is 32.8 Å². The summed E-state index contributed by atoms with van der Waals surface area (Å²) in [4.78, 5) is 23.4. The zero-order valence-corrected chi connectivity index (χ0v) is 11.6. The second-order valence-corrected chi connectivity index (χ2v) is 4.20. The predicted octanol–water partition coefficient (Wildman–Crippen LogP) is 1.87. The number of methoxy groups -OCH3 is 2. The maximum Gasteiger partial charge on any atom is 0.342 e. The van der Waals surface area contributed by atoms with Crippen molar-refractivity contribution in [2.24, 2.45) is 0 Å². The smallest absolute Gasteiger partial charge is 0.342 e. The highest BCUT2D eigenvalue weighted by molar-refractivity contribution is 5.97. The van der Waals surface area contributed by atoms with Crippen LogP contribution in [0.15, 0.2) is 12.1 Å². The molecule has 2 rings (SSSR count). The van der Waals surface area contributed by atoms with Crippen LogP contribution in [0.25, 0.3) is 0 Å². The summed E-state index contributed by atoms with van der Waals surface area (Å²) in [5, 5.41) is 0. The fourth-order valence-corrected chi connectivity index (χ4v) is 2.14. The van der Waals surface area contributed by atoms with Gasteiger partial charge in [0.05, 0.1) is 27.2 Å². The molecule has 0 aromatic heterocycles. The summed E-state index contributed by atoms with van der Waals surface area (Å²) in [7, 11) is 2.97. The SMILES string of the molecule is CCOC(=O)CC1OC(=O)c2c(OC)cc(OC)cc21. The van der Waals surface area contributed by atoms with Crippen LogP contribution in [0.2, 0.25) is 0 Å². The van der Waals surface area contributed by atoms with Crippen LogP contribution in [0.5, 0.6) is 11.5 Å². The number of hydrogen-bond acceptors (Lipinski definition) is 6. The number of esters is 2. The Balaban J connectivity index is 2.36. The van der Waals surface area contributed by atoms with Gasteiger partial charge < -0.3 is 18.9 Å². The van der Waals surface area contributed by atoms with Crippen molar-refractivity contribution in [1.82, 2.24) is 0 Å². The molecule has 0 amide bonds. The Bertz CT molecular complexity index is 537. The number of benzene rings is 1. The molecular formula is C14H16O6. The van der Waals surface area contributed by atoms with Gasteiger partial charge in [-0.05, 0) is 13.0 Å². The summed E-state index contributed by atoms with van der Waals surface area (Å²) in [6.07, 6.45) is -0.691. The molecule has 20 heavy (non-hydrogen) atoms. The highest BCUT2D eigenvalue weighted by atomic mass is 16.6. The molecule has 1 aromatic rings.